The molecule has 0 aliphatic heterocycles. The number of carbonyl (C=O) groups is 2. The van der Waals surface area contributed by atoms with Gasteiger partial charge in [0.05, 0.1) is 17.7 Å². The summed E-state index contributed by atoms with van der Waals surface area (Å²) < 4.78 is 63.4. The van der Waals surface area contributed by atoms with Crippen LogP contribution in [0.3, 0.4) is 0 Å². The summed E-state index contributed by atoms with van der Waals surface area (Å²) in [5, 5.41) is 7.53. The smallest absolute Gasteiger partial charge is 0.359 e. The lowest BCUT2D eigenvalue weighted by Gasteiger charge is -2.29. The minimum atomic E-state index is -4.28. The third kappa shape index (κ3) is 5.43. The Morgan fingerprint density at radius 1 is 1.00 bits per heavy atom. The first-order valence-corrected chi connectivity index (χ1v) is 9.00. The van der Waals surface area contributed by atoms with Crippen molar-refractivity contribution < 1.29 is 31.5 Å². The van der Waals surface area contributed by atoms with Crippen molar-refractivity contribution in [2.75, 3.05) is 11.9 Å². The fraction of sp³-hybridized carbons (Fsp3) is 0.444. The van der Waals surface area contributed by atoms with Gasteiger partial charge in [-0.2, -0.15) is 13.2 Å². The zero-order valence-corrected chi connectivity index (χ0v) is 15.1. The molecule has 29 heavy (non-hydrogen) atoms. The van der Waals surface area contributed by atoms with Gasteiger partial charge in [-0.1, -0.05) is 0 Å². The van der Waals surface area contributed by atoms with E-state index in [9.17, 15) is 31.5 Å². The number of rotatable bonds is 4. The third-order valence-electron chi connectivity index (χ3n) is 4.83. The van der Waals surface area contributed by atoms with Crippen LogP contribution in [0.5, 0.6) is 0 Å². The van der Waals surface area contributed by atoms with Gasteiger partial charge in [0.2, 0.25) is 0 Å². The fourth-order valence-corrected chi connectivity index (χ4v) is 3.35. The average molecular weight is 418 g/mol. The quantitative estimate of drug-likeness (QED) is 0.455. The molecule has 1 aromatic carbocycles. The van der Waals surface area contributed by atoms with Crippen molar-refractivity contribution in [1.82, 2.24) is 15.6 Å². The van der Waals surface area contributed by atoms with Crippen LogP contribution in [-0.4, -0.2) is 41.6 Å². The monoisotopic (exact) mass is 418 g/mol. The van der Waals surface area contributed by atoms with Crippen LogP contribution in [0.25, 0.3) is 10.9 Å². The molecule has 158 valence electrons. The lowest BCUT2D eigenvalue weighted by molar-refractivity contribution is -0.136. The van der Waals surface area contributed by atoms with Crippen LogP contribution >= 0.6 is 0 Å². The number of aromatic amines is 1. The van der Waals surface area contributed by atoms with E-state index in [1.54, 1.807) is 0 Å². The number of aromatic nitrogens is 1. The highest BCUT2D eigenvalue weighted by atomic mass is 19.4. The van der Waals surface area contributed by atoms with Gasteiger partial charge in [-0.15, -0.1) is 0 Å². The fourth-order valence-electron chi connectivity index (χ4n) is 3.35. The number of benzene rings is 1. The van der Waals surface area contributed by atoms with Gasteiger partial charge in [-0.3, -0.25) is 9.59 Å². The van der Waals surface area contributed by atoms with E-state index in [4.69, 9.17) is 0 Å². The number of H-pyrrole nitrogens is 1. The van der Waals surface area contributed by atoms with Crippen molar-refractivity contribution in [3.63, 3.8) is 0 Å². The van der Waals surface area contributed by atoms with Crippen LogP contribution in [0.15, 0.2) is 18.3 Å². The summed E-state index contributed by atoms with van der Waals surface area (Å²) in [5.41, 5.74) is 0.378. The largest absolute Gasteiger partial charge is 0.401 e. The minimum absolute atomic E-state index is 0.124. The Morgan fingerprint density at radius 2 is 1.62 bits per heavy atom. The number of hydrogen-bond donors (Lipinski definition) is 4. The highest BCUT2D eigenvalue weighted by molar-refractivity contribution is 6.40. The van der Waals surface area contributed by atoms with Crippen molar-refractivity contribution in [2.45, 2.75) is 43.9 Å². The van der Waals surface area contributed by atoms with E-state index in [1.807, 2.05) is 0 Å². The van der Waals surface area contributed by atoms with Gasteiger partial charge in [0, 0.05) is 29.7 Å². The van der Waals surface area contributed by atoms with E-state index in [2.05, 4.69) is 20.9 Å². The highest BCUT2D eigenvalue weighted by Gasteiger charge is 2.30. The molecule has 0 bridgehead atoms. The molecule has 0 spiro atoms. The Balaban J connectivity index is 1.50. The summed E-state index contributed by atoms with van der Waals surface area (Å²) in [4.78, 5) is 26.9. The van der Waals surface area contributed by atoms with Crippen molar-refractivity contribution in [2.24, 2.45) is 0 Å². The number of fused-ring (bicyclic) bond motifs is 1. The summed E-state index contributed by atoms with van der Waals surface area (Å²) >= 11 is 0. The van der Waals surface area contributed by atoms with Crippen molar-refractivity contribution in [1.29, 1.82) is 0 Å². The topological polar surface area (TPSA) is 86.0 Å². The third-order valence-corrected chi connectivity index (χ3v) is 4.83. The van der Waals surface area contributed by atoms with Crippen LogP contribution in [0, 0.1) is 11.6 Å². The van der Waals surface area contributed by atoms with Crippen LogP contribution in [-0.2, 0) is 9.59 Å². The molecule has 0 unspecified atom stereocenters. The zero-order chi connectivity index (χ0) is 21.2. The van der Waals surface area contributed by atoms with Gasteiger partial charge in [0.15, 0.2) is 11.6 Å². The average Bonchev–Trinajstić information content (AvgIpc) is 3.02. The van der Waals surface area contributed by atoms with E-state index in [-0.39, 0.29) is 28.7 Å². The Labute approximate surface area is 162 Å². The molecule has 0 atom stereocenters. The second kappa shape index (κ2) is 8.36. The molecule has 6 nitrogen and oxygen atoms in total. The maximum absolute atomic E-state index is 13.4. The van der Waals surface area contributed by atoms with Crippen molar-refractivity contribution >= 4 is 28.4 Å². The van der Waals surface area contributed by atoms with E-state index >= 15 is 0 Å². The molecule has 2 amide bonds. The van der Waals surface area contributed by atoms with Crippen LogP contribution in [0.2, 0.25) is 0 Å². The first kappa shape index (κ1) is 21.0. The highest BCUT2D eigenvalue weighted by Crippen LogP contribution is 2.25. The lowest BCUT2D eigenvalue weighted by atomic mass is 9.91. The van der Waals surface area contributed by atoms with Gasteiger partial charge in [0.25, 0.3) is 0 Å². The molecule has 1 heterocycles. The van der Waals surface area contributed by atoms with E-state index in [1.165, 1.54) is 6.20 Å². The molecule has 4 N–H and O–H groups in total. The molecule has 3 rings (SSSR count). The molecule has 1 aromatic heterocycles. The summed E-state index contributed by atoms with van der Waals surface area (Å²) in [6.45, 7) is -1.06. The molecule has 11 heteroatoms. The summed E-state index contributed by atoms with van der Waals surface area (Å²) in [6.07, 6.45) is -1.21. The molecular formula is C18H19F5N4O2. The van der Waals surface area contributed by atoms with Gasteiger partial charge < -0.3 is 20.9 Å². The van der Waals surface area contributed by atoms with E-state index < -0.39 is 36.2 Å². The Morgan fingerprint density at radius 3 is 2.28 bits per heavy atom. The normalized spacial score (nSPS) is 19.9. The second-order valence-corrected chi connectivity index (χ2v) is 6.99. The second-order valence-electron chi connectivity index (χ2n) is 6.99. The number of carbonyl (C=O) groups excluding carboxylic acids is 2. The standard InChI is InChI=1S/C18H19F5N4O2/c19-12-5-11-14(6-13(12)20)24-7-15(11)27-17(29)16(28)26-10-3-1-9(2-4-10)25-8-18(21,22)23/h5-7,9-10,24-25H,1-4,8H2,(H,26,28)(H,27,29)/t9-,10-. The van der Waals surface area contributed by atoms with Gasteiger partial charge >= 0.3 is 18.0 Å². The number of halogens is 5. The number of amides is 2. The van der Waals surface area contributed by atoms with Crippen molar-refractivity contribution in [3.8, 4) is 0 Å². The predicted octanol–water partition coefficient (Wildman–Crippen LogP) is 2.96. The summed E-state index contributed by atoms with van der Waals surface area (Å²) in [5.74, 6) is -4.02. The molecular weight excluding hydrogens is 399 g/mol. The molecule has 0 saturated heterocycles. The summed E-state index contributed by atoms with van der Waals surface area (Å²) in [7, 11) is 0. The molecule has 1 aliphatic carbocycles. The number of anilines is 1. The summed E-state index contributed by atoms with van der Waals surface area (Å²) in [6, 6.07) is 1.22. The van der Waals surface area contributed by atoms with E-state index in [0.29, 0.717) is 25.7 Å². The molecule has 1 fully saturated rings. The Kier molecular flexibility index (Phi) is 6.06. The predicted molar refractivity (Wildman–Crippen MR) is 95.1 cm³/mol. The Hall–Kier alpha value is -2.69. The Bertz CT molecular complexity index is 904. The first-order chi connectivity index (χ1) is 13.6. The molecule has 2 aromatic rings. The number of hydrogen-bond acceptors (Lipinski definition) is 3. The van der Waals surface area contributed by atoms with Gasteiger partial charge in [-0.05, 0) is 31.7 Å². The maximum atomic E-state index is 13.4. The lowest BCUT2D eigenvalue weighted by Crippen LogP contribution is -2.46. The minimum Gasteiger partial charge on any atom is -0.359 e. The molecule has 0 radical (unpaired) electrons. The van der Waals surface area contributed by atoms with Crippen LogP contribution in [0.1, 0.15) is 25.7 Å². The maximum Gasteiger partial charge on any atom is 0.401 e. The molecule has 1 saturated carbocycles. The van der Waals surface area contributed by atoms with Crippen LogP contribution in [0.4, 0.5) is 27.6 Å². The van der Waals surface area contributed by atoms with Crippen LogP contribution < -0.4 is 16.0 Å². The number of alkyl halides is 3. The number of nitrogens with one attached hydrogen (secondary N) is 4. The SMILES string of the molecule is O=C(Nc1c[nH]c2cc(F)c(F)cc12)C(=O)N[C@H]1CC[C@H](NCC(F)(F)F)CC1. The van der Waals surface area contributed by atoms with Gasteiger partial charge in [-0.25, -0.2) is 8.78 Å². The van der Waals surface area contributed by atoms with Gasteiger partial charge in [0.1, 0.15) is 0 Å². The molecule has 1 aliphatic rings. The van der Waals surface area contributed by atoms with Crippen molar-refractivity contribution in [3.05, 3.63) is 30.0 Å². The first-order valence-electron chi connectivity index (χ1n) is 9.00. The zero-order valence-electron chi connectivity index (χ0n) is 15.1. The van der Waals surface area contributed by atoms with E-state index in [0.717, 1.165) is 12.1 Å².